The van der Waals surface area contributed by atoms with E-state index in [0.29, 0.717) is 25.5 Å². The Labute approximate surface area is 163 Å². The second-order valence-electron chi connectivity index (χ2n) is 8.19. The number of hydrogen-bond donors (Lipinski definition) is 3. The summed E-state index contributed by atoms with van der Waals surface area (Å²) in [4.78, 5) is 16.4. The number of alkyl carbamates (subject to hydrolysis) is 1. The van der Waals surface area contributed by atoms with E-state index in [2.05, 4.69) is 20.9 Å². The van der Waals surface area contributed by atoms with Crippen LogP contribution < -0.4 is 16.0 Å². The maximum Gasteiger partial charge on any atom is 0.408 e. The second kappa shape index (κ2) is 9.61. The lowest BCUT2D eigenvalue weighted by molar-refractivity contribution is 0.0448. The number of nitrogens with zero attached hydrogens (tertiary/aromatic N) is 1. The Kier molecular flexibility index (Phi) is 8.38. The zero-order valence-electron chi connectivity index (χ0n) is 17.5. The van der Waals surface area contributed by atoms with E-state index in [4.69, 9.17) is 4.74 Å². The van der Waals surface area contributed by atoms with E-state index in [1.165, 1.54) is 0 Å². The Bertz CT molecular complexity index is 622. The first-order valence-electron chi connectivity index (χ1n) is 9.60. The van der Waals surface area contributed by atoms with Crippen molar-refractivity contribution in [2.45, 2.75) is 65.0 Å². The fraction of sp³-hybridized carbons (Fsp3) is 0.889. The number of hydrogen-bond acceptors (Lipinski definition) is 5. The van der Waals surface area contributed by atoms with Crippen molar-refractivity contribution in [2.75, 3.05) is 31.6 Å². The van der Waals surface area contributed by atoms with Crippen LogP contribution in [0.5, 0.6) is 0 Å². The van der Waals surface area contributed by atoms with Gasteiger partial charge in [0, 0.05) is 20.1 Å². The first-order valence-corrected chi connectivity index (χ1v) is 11.4. The maximum atomic E-state index is 12.2. The molecule has 158 valence electrons. The summed E-state index contributed by atoms with van der Waals surface area (Å²) in [6.07, 6.45) is 1.70. The molecular weight excluding hydrogens is 368 g/mol. The first-order chi connectivity index (χ1) is 12.4. The van der Waals surface area contributed by atoms with Crippen molar-refractivity contribution in [2.24, 2.45) is 10.9 Å². The normalized spacial score (nSPS) is 20.2. The van der Waals surface area contributed by atoms with Crippen molar-refractivity contribution in [1.29, 1.82) is 0 Å². The molecule has 0 spiro atoms. The molecule has 8 nitrogen and oxygen atoms in total. The van der Waals surface area contributed by atoms with Gasteiger partial charge < -0.3 is 20.7 Å². The highest BCUT2D eigenvalue weighted by atomic mass is 32.2. The van der Waals surface area contributed by atoms with E-state index in [0.717, 1.165) is 12.8 Å². The van der Waals surface area contributed by atoms with E-state index >= 15 is 0 Å². The Morgan fingerprint density at radius 1 is 1.19 bits per heavy atom. The molecule has 1 aliphatic rings. The summed E-state index contributed by atoms with van der Waals surface area (Å²) in [5.74, 6) is 1.19. The van der Waals surface area contributed by atoms with Crippen LogP contribution in [0.2, 0.25) is 0 Å². The number of carbonyl (C=O) groups excluding carboxylic acids is 1. The molecule has 0 aliphatic carbocycles. The SMILES string of the molecule is CCC(CC)(CNC(=NC)NCC1CCS(=O)(=O)C1)NC(=O)OC(C)(C)C. The van der Waals surface area contributed by atoms with Crippen LogP contribution in [0, 0.1) is 5.92 Å². The van der Waals surface area contributed by atoms with Crippen molar-refractivity contribution < 1.29 is 17.9 Å². The van der Waals surface area contributed by atoms with Gasteiger partial charge in [0.1, 0.15) is 5.60 Å². The highest BCUT2D eigenvalue weighted by Crippen LogP contribution is 2.18. The fourth-order valence-electron chi connectivity index (χ4n) is 2.99. The molecule has 1 aliphatic heterocycles. The summed E-state index contributed by atoms with van der Waals surface area (Å²) in [6, 6.07) is 0. The standard InChI is InChI=1S/C18H36N4O4S/c1-7-18(8-2,22-16(23)26-17(3,4)5)13-21-15(19-6)20-11-14-9-10-27(24,25)12-14/h14H,7-13H2,1-6H3,(H,22,23)(H2,19,20,21). The molecule has 0 radical (unpaired) electrons. The third-order valence-corrected chi connectivity index (χ3v) is 6.66. The summed E-state index contributed by atoms with van der Waals surface area (Å²) in [5.41, 5.74) is -1.01. The van der Waals surface area contributed by atoms with E-state index in [1.807, 2.05) is 34.6 Å². The molecule has 0 aromatic heterocycles. The number of aliphatic imine (C=N–C) groups is 1. The summed E-state index contributed by atoms with van der Waals surface area (Å²) in [7, 11) is -1.22. The number of guanidine groups is 1. The zero-order chi connectivity index (χ0) is 20.7. The first kappa shape index (κ1) is 23.5. The van der Waals surface area contributed by atoms with Gasteiger partial charge in [-0.25, -0.2) is 13.2 Å². The molecular formula is C18H36N4O4S. The molecule has 1 heterocycles. The summed E-state index contributed by atoms with van der Waals surface area (Å²) in [5, 5.41) is 9.42. The predicted molar refractivity (Wildman–Crippen MR) is 109 cm³/mol. The molecule has 27 heavy (non-hydrogen) atoms. The van der Waals surface area contributed by atoms with E-state index in [9.17, 15) is 13.2 Å². The van der Waals surface area contributed by atoms with Crippen LogP contribution in [0.3, 0.4) is 0 Å². The Morgan fingerprint density at radius 2 is 1.81 bits per heavy atom. The largest absolute Gasteiger partial charge is 0.444 e. The molecule has 1 rings (SSSR count). The average molecular weight is 405 g/mol. The summed E-state index contributed by atoms with van der Waals surface area (Å²) < 4.78 is 28.5. The average Bonchev–Trinajstić information content (AvgIpc) is 2.91. The Hall–Kier alpha value is -1.51. The molecule has 1 amide bonds. The van der Waals surface area contributed by atoms with Gasteiger partial charge in [0.05, 0.1) is 17.0 Å². The van der Waals surface area contributed by atoms with Crippen LogP contribution in [0.25, 0.3) is 0 Å². The molecule has 0 saturated carbocycles. The van der Waals surface area contributed by atoms with E-state index in [-0.39, 0.29) is 17.4 Å². The minimum Gasteiger partial charge on any atom is -0.444 e. The molecule has 1 atom stereocenters. The predicted octanol–water partition coefficient (Wildman–Crippen LogP) is 1.67. The minimum absolute atomic E-state index is 0.107. The van der Waals surface area contributed by atoms with Gasteiger partial charge >= 0.3 is 6.09 Å². The lowest BCUT2D eigenvalue weighted by atomic mass is 9.93. The van der Waals surface area contributed by atoms with Crippen molar-refractivity contribution in [3.05, 3.63) is 0 Å². The molecule has 0 aromatic rings. The maximum absolute atomic E-state index is 12.2. The fourth-order valence-corrected chi connectivity index (χ4v) is 4.85. The van der Waals surface area contributed by atoms with Crippen LogP contribution in [-0.4, -0.2) is 63.3 Å². The third-order valence-electron chi connectivity index (χ3n) is 4.82. The number of sulfone groups is 1. The lowest BCUT2D eigenvalue weighted by Gasteiger charge is -2.34. The highest BCUT2D eigenvalue weighted by molar-refractivity contribution is 7.91. The van der Waals surface area contributed by atoms with Crippen LogP contribution in [0.1, 0.15) is 53.9 Å². The third kappa shape index (κ3) is 8.36. The van der Waals surface area contributed by atoms with Crippen LogP contribution in [0.4, 0.5) is 4.79 Å². The van der Waals surface area contributed by atoms with E-state index < -0.39 is 27.1 Å². The minimum atomic E-state index is -2.88. The van der Waals surface area contributed by atoms with Gasteiger partial charge in [-0.3, -0.25) is 4.99 Å². The Balaban J connectivity index is 2.58. The number of rotatable bonds is 7. The molecule has 1 saturated heterocycles. The molecule has 3 N–H and O–H groups in total. The van der Waals surface area contributed by atoms with Gasteiger partial charge in [0.2, 0.25) is 0 Å². The topological polar surface area (TPSA) is 109 Å². The quantitative estimate of drug-likeness (QED) is 0.440. The monoisotopic (exact) mass is 404 g/mol. The number of ether oxygens (including phenoxy) is 1. The number of amides is 1. The van der Waals surface area contributed by atoms with Gasteiger partial charge in [-0.05, 0) is 46.0 Å². The second-order valence-corrected chi connectivity index (χ2v) is 10.4. The number of carbonyl (C=O) groups is 1. The van der Waals surface area contributed by atoms with Gasteiger partial charge in [-0.15, -0.1) is 0 Å². The zero-order valence-corrected chi connectivity index (χ0v) is 18.3. The molecule has 0 aromatic carbocycles. The highest BCUT2D eigenvalue weighted by Gasteiger charge is 2.31. The van der Waals surface area contributed by atoms with Crippen molar-refractivity contribution >= 4 is 21.9 Å². The van der Waals surface area contributed by atoms with Gasteiger partial charge in [0.25, 0.3) is 0 Å². The number of nitrogens with one attached hydrogen (secondary N) is 3. The molecule has 1 fully saturated rings. The van der Waals surface area contributed by atoms with Crippen molar-refractivity contribution in [3.8, 4) is 0 Å². The summed E-state index contributed by atoms with van der Waals surface area (Å²) in [6.45, 7) is 10.6. The van der Waals surface area contributed by atoms with Gasteiger partial charge in [-0.1, -0.05) is 13.8 Å². The van der Waals surface area contributed by atoms with Gasteiger partial charge in [0.15, 0.2) is 15.8 Å². The Morgan fingerprint density at radius 3 is 2.26 bits per heavy atom. The van der Waals surface area contributed by atoms with Crippen LogP contribution in [0.15, 0.2) is 4.99 Å². The molecule has 1 unspecified atom stereocenters. The van der Waals surface area contributed by atoms with Gasteiger partial charge in [-0.2, -0.15) is 0 Å². The van der Waals surface area contributed by atoms with E-state index in [1.54, 1.807) is 7.05 Å². The van der Waals surface area contributed by atoms with Crippen LogP contribution in [-0.2, 0) is 14.6 Å². The molecule has 0 bridgehead atoms. The smallest absolute Gasteiger partial charge is 0.408 e. The lowest BCUT2D eigenvalue weighted by Crippen LogP contribution is -2.57. The molecule has 9 heteroatoms. The van der Waals surface area contributed by atoms with Crippen molar-refractivity contribution in [1.82, 2.24) is 16.0 Å². The van der Waals surface area contributed by atoms with Crippen LogP contribution >= 0.6 is 0 Å². The van der Waals surface area contributed by atoms with Crippen molar-refractivity contribution in [3.63, 3.8) is 0 Å². The summed E-state index contributed by atoms with van der Waals surface area (Å²) >= 11 is 0.